The molecule has 2 rings (SSSR count). The van der Waals surface area contributed by atoms with E-state index in [0.717, 1.165) is 4.90 Å². The number of nitriles is 1. The Balaban J connectivity index is 2.37. The third-order valence-corrected chi connectivity index (χ3v) is 4.10. The Morgan fingerprint density at radius 1 is 1.06 bits per heavy atom. The molecule has 18 heavy (non-hydrogen) atoms. The number of halogens is 1. The first-order valence-corrected chi connectivity index (χ1v) is 6.74. The number of hydrogen-bond donors (Lipinski definition) is 0. The van der Waals surface area contributed by atoms with Gasteiger partial charge in [0.15, 0.2) is 0 Å². The number of nitrogens with zero attached hydrogens (tertiary/aromatic N) is 1. The molecule has 0 saturated heterocycles. The van der Waals surface area contributed by atoms with Crippen LogP contribution in [0.4, 0.5) is 0 Å². The van der Waals surface area contributed by atoms with Gasteiger partial charge >= 0.3 is 0 Å². The van der Waals surface area contributed by atoms with Gasteiger partial charge in [-0.3, -0.25) is 0 Å². The summed E-state index contributed by atoms with van der Waals surface area (Å²) in [6.07, 6.45) is 0. The van der Waals surface area contributed by atoms with Crippen molar-refractivity contribution in [3.8, 4) is 6.07 Å². The minimum Gasteiger partial charge on any atom is -0.192 e. The molecule has 0 aliphatic rings. The SMILES string of the molecule is Cc1ccc(Sc2ccc(Cl)cc2C#N)c(C)c1. The van der Waals surface area contributed by atoms with Crippen LogP contribution in [0.3, 0.4) is 0 Å². The summed E-state index contributed by atoms with van der Waals surface area (Å²) < 4.78 is 0. The lowest BCUT2D eigenvalue weighted by Gasteiger charge is -2.08. The Labute approximate surface area is 116 Å². The van der Waals surface area contributed by atoms with E-state index >= 15 is 0 Å². The summed E-state index contributed by atoms with van der Waals surface area (Å²) in [4.78, 5) is 2.10. The summed E-state index contributed by atoms with van der Waals surface area (Å²) in [6, 6.07) is 13.9. The number of aryl methyl sites for hydroxylation is 2. The molecule has 0 N–H and O–H groups in total. The molecule has 0 bridgehead atoms. The maximum absolute atomic E-state index is 9.11. The molecule has 0 saturated carbocycles. The van der Waals surface area contributed by atoms with Crippen molar-refractivity contribution in [3.63, 3.8) is 0 Å². The topological polar surface area (TPSA) is 23.8 Å². The molecule has 0 unspecified atom stereocenters. The number of benzene rings is 2. The third-order valence-electron chi connectivity index (χ3n) is 2.61. The maximum atomic E-state index is 9.11. The lowest BCUT2D eigenvalue weighted by molar-refractivity contribution is 1.25. The van der Waals surface area contributed by atoms with Crippen LogP contribution in [-0.4, -0.2) is 0 Å². The average molecular weight is 274 g/mol. The predicted octanol–water partition coefficient (Wildman–Crippen LogP) is 4.98. The predicted molar refractivity (Wildman–Crippen MR) is 76.2 cm³/mol. The Kier molecular flexibility index (Phi) is 3.96. The Morgan fingerprint density at radius 3 is 2.44 bits per heavy atom. The van der Waals surface area contributed by atoms with Crippen LogP contribution in [0.2, 0.25) is 5.02 Å². The molecule has 0 radical (unpaired) electrons. The van der Waals surface area contributed by atoms with E-state index in [4.69, 9.17) is 16.9 Å². The summed E-state index contributed by atoms with van der Waals surface area (Å²) >= 11 is 7.49. The van der Waals surface area contributed by atoms with E-state index in [9.17, 15) is 0 Å². The van der Waals surface area contributed by atoms with Crippen molar-refractivity contribution in [3.05, 3.63) is 58.1 Å². The maximum Gasteiger partial charge on any atom is 0.100 e. The van der Waals surface area contributed by atoms with Crippen molar-refractivity contribution in [1.82, 2.24) is 0 Å². The van der Waals surface area contributed by atoms with Crippen molar-refractivity contribution in [2.45, 2.75) is 23.6 Å². The van der Waals surface area contributed by atoms with Crippen LogP contribution in [0.25, 0.3) is 0 Å². The monoisotopic (exact) mass is 273 g/mol. The standard InChI is InChI=1S/C15H12ClNS/c1-10-3-5-14(11(2)7-10)18-15-6-4-13(16)8-12(15)9-17/h3-8H,1-2H3. The summed E-state index contributed by atoms with van der Waals surface area (Å²) in [5.41, 5.74) is 3.08. The lowest BCUT2D eigenvalue weighted by atomic mass is 10.2. The summed E-state index contributed by atoms with van der Waals surface area (Å²) in [5.74, 6) is 0. The van der Waals surface area contributed by atoms with Gasteiger partial charge < -0.3 is 0 Å². The molecular weight excluding hydrogens is 262 g/mol. The molecular formula is C15H12ClNS. The molecule has 0 spiro atoms. The van der Waals surface area contributed by atoms with E-state index in [1.807, 2.05) is 12.1 Å². The second-order valence-electron chi connectivity index (χ2n) is 4.12. The van der Waals surface area contributed by atoms with Gasteiger partial charge in [-0.1, -0.05) is 41.1 Å². The van der Waals surface area contributed by atoms with E-state index in [-0.39, 0.29) is 0 Å². The minimum atomic E-state index is 0.594. The molecule has 0 aliphatic carbocycles. The van der Waals surface area contributed by atoms with E-state index in [0.29, 0.717) is 10.6 Å². The molecule has 0 aromatic heterocycles. The van der Waals surface area contributed by atoms with E-state index in [2.05, 4.69) is 38.1 Å². The molecule has 1 nitrogen and oxygen atoms in total. The Hall–Kier alpha value is -1.43. The van der Waals surface area contributed by atoms with Gasteiger partial charge in [-0.05, 0) is 43.7 Å². The molecule has 0 atom stereocenters. The van der Waals surface area contributed by atoms with Gasteiger partial charge in [0.2, 0.25) is 0 Å². The first-order valence-electron chi connectivity index (χ1n) is 5.55. The van der Waals surface area contributed by atoms with Crippen molar-refractivity contribution >= 4 is 23.4 Å². The normalized spacial score (nSPS) is 10.1. The van der Waals surface area contributed by atoms with E-state index in [1.54, 1.807) is 17.8 Å². The summed E-state index contributed by atoms with van der Waals surface area (Å²) in [6.45, 7) is 4.15. The second-order valence-corrected chi connectivity index (χ2v) is 5.64. The molecule has 90 valence electrons. The fraction of sp³-hybridized carbons (Fsp3) is 0.133. The van der Waals surface area contributed by atoms with Gasteiger partial charge in [0, 0.05) is 14.8 Å². The Morgan fingerprint density at radius 2 is 1.78 bits per heavy atom. The summed E-state index contributed by atoms with van der Waals surface area (Å²) in [5, 5.41) is 9.71. The van der Waals surface area contributed by atoms with Gasteiger partial charge in [0.1, 0.15) is 6.07 Å². The van der Waals surface area contributed by atoms with Crippen LogP contribution in [0.1, 0.15) is 16.7 Å². The zero-order chi connectivity index (χ0) is 13.1. The zero-order valence-electron chi connectivity index (χ0n) is 10.2. The van der Waals surface area contributed by atoms with Crippen molar-refractivity contribution < 1.29 is 0 Å². The highest BCUT2D eigenvalue weighted by Crippen LogP contribution is 2.33. The summed E-state index contributed by atoms with van der Waals surface area (Å²) in [7, 11) is 0. The molecule has 0 heterocycles. The number of rotatable bonds is 2. The van der Waals surface area contributed by atoms with Gasteiger partial charge in [0.05, 0.1) is 5.56 Å². The van der Waals surface area contributed by atoms with Crippen LogP contribution >= 0.6 is 23.4 Å². The van der Waals surface area contributed by atoms with Crippen molar-refractivity contribution in [2.75, 3.05) is 0 Å². The molecule has 0 fully saturated rings. The molecule has 0 aliphatic heterocycles. The van der Waals surface area contributed by atoms with E-state index < -0.39 is 0 Å². The van der Waals surface area contributed by atoms with Gasteiger partial charge in [0.25, 0.3) is 0 Å². The largest absolute Gasteiger partial charge is 0.192 e. The second kappa shape index (κ2) is 5.48. The minimum absolute atomic E-state index is 0.594. The van der Waals surface area contributed by atoms with Gasteiger partial charge in [-0.15, -0.1) is 0 Å². The molecule has 3 heteroatoms. The quantitative estimate of drug-likeness (QED) is 0.770. The Bertz CT molecular complexity index is 629. The van der Waals surface area contributed by atoms with Crippen molar-refractivity contribution in [2.24, 2.45) is 0 Å². The first kappa shape index (κ1) is 13.0. The highest BCUT2D eigenvalue weighted by molar-refractivity contribution is 7.99. The van der Waals surface area contributed by atoms with Crippen LogP contribution in [0.15, 0.2) is 46.2 Å². The molecule has 2 aromatic carbocycles. The smallest absolute Gasteiger partial charge is 0.100 e. The van der Waals surface area contributed by atoms with Crippen LogP contribution in [0, 0.1) is 25.2 Å². The lowest BCUT2D eigenvalue weighted by Crippen LogP contribution is -1.85. The fourth-order valence-electron chi connectivity index (χ4n) is 1.71. The fourth-order valence-corrected chi connectivity index (χ4v) is 2.83. The number of hydrogen-bond acceptors (Lipinski definition) is 2. The van der Waals surface area contributed by atoms with Crippen LogP contribution in [-0.2, 0) is 0 Å². The zero-order valence-corrected chi connectivity index (χ0v) is 11.8. The molecule has 0 amide bonds. The highest BCUT2D eigenvalue weighted by Gasteiger charge is 2.07. The molecule has 2 aromatic rings. The van der Waals surface area contributed by atoms with Crippen LogP contribution < -0.4 is 0 Å². The average Bonchev–Trinajstić information content (AvgIpc) is 2.34. The highest BCUT2D eigenvalue weighted by atomic mass is 35.5. The van der Waals surface area contributed by atoms with Gasteiger partial charge in [-0.25, -0.2) is 0 Å². The first-order chi connectivity index (χ1) is 8.60. The van der Waals surface area contributed by atoms with Gasteiger partial charge in [-0.2, -0.15) is 5.26 Å². The third kappa shape index (κ3) is 2.87. The van der Waals surface area contributed by atoms with E-state index in [1.165, 1.54) is 16.0 Å². The van der Waals surface area contributed by atoms with Crippen LogP contribution in [0.5, 0.6) is 0 Å². The van der Waals surface area contributed by atoms with Crippen molar-refractivity contribution in [1.29, 1.82) is 5.26 Å².